The van der Waals surface area contributed by atoms with Crippen molar-refractivity contribution in [2.24, 2.45) is 0 Å². The van der Waals surface area contributed by atoms with Crippen LogP contribution >= 0.6 is 0 Å². The molecule has 0 atom stereocenters. The van der Waals surface area contributed by atoms with E-state index in [1.54, 1.807) is 10.9 Å². The number of aromatic nitrogens is 4. The summed E-state index contributed by atoms with van der Waals surface area (Å²) in [5.74, 6) is 0.940. The van der Waals surface area contributed by atoms with Gasteiger partial charge in [-0.3, -0.25) is 9.48 Å². The van der Waals surface area contributed by atoms with Crippen LogP contribution in [0.25, 0.3) is 11.2 Å². The second-order valence-electron chi connectivity index (χ2n) is 3.94. The van der Waals surface area contributed by atoms with Gasteiger partial charge in [0.1, 0.15) is 0 Å². The summed E-state index contributed by atoms with van der Waals surface area (Å²) in [6, 6.07) is 3.83. The van der Waals surface area contributed by atoms with Gasteiger partial charge in [0.05, 0.1) is 28.2 Å². The fraction of sp³-hybridized carbons (Fsp3) is 0.400. The van der Waals surface area contributed by atoms with Gasteiger partial charge in [0, 0.05) is 11.4 Å². The zero-order chi connectivity index (χ0) is 11.7. The van der Waals surface area contributed by atoms with Crippen molar-refractivity contribution >= 4 is 17.1 Å². The molecule has 0 amide bonds. The second-order valence-corrected chi connectivity index (χ2v) is 3.94. The lowest BCUT2D eigenvalue weighted by Gasteiger charge is -2.10. The van der Waals surface area contributed by atoms with E-state index in [1.165, 1.54) is 0 Å². The van der Waals surface area contributed by atoms with Crippen molar-refractivity contribution in [1.29, 1.82) is 0 Å². The lowest BCUT2D eigenvalue weighted by molar-refractivity contribution is -0.472. The monoisotopic (exact) mass is 254 g/mol. The van der Waals surface area contributed by atoms with E-state index in [-0.39, 0.29) is 12.4 Å². The largest absolute Gasteiger partial charge is 1.00 e. The zero-order valence-corrected chi connectivity index (χ0v) is 11.0. The predicted molar refractivity (Wildman–Crippen MR) is 61.5 cm³/mol. The molecule has 0 saturated heterocycles. The molecule has 0 aromatic carbocycles. The molecule has 0 bridgehead atoms. The van der Waals surface area contributed by atoms with Crippen LogP contribution in [0, 0.1) is 0 Å². The van der Waals surface area contributed by atoms with Crippen LogP contribution < -0.4 is 12.4 Å². The summed E-state index contributed by atoms with van der Waals surface area (Å²) in [5.41, 5.74) is 1.56. The average molecular weight is 255 g/mol. The molecule has 2 heterocycles. The van der Waals surface area contributed by atoms with E-state index < -0.39 is 0 Å². The van der Waals surface area contributed by atoms with Crippen LogP contribution in [0.4, 0.5) is 0 Å². The van der Waals surface area contributed by atoms with Gasteiger partial charge in [0.25, 0.3) is 0 Å². The molecule has 2 aromatic heterocycles. The van der Waals surface area contributed by atoms with E-state index >= 15 is 0 Å². The standard InChI is InChI=1S/C10H15N6.ClH/c1-14(2)10(15(3)4)16-8-6-5-7-11-9(8)12-13-16;/h5-7H,1-4H3;1H/q+1;/p-1. The summed E-state index contributed by atoms with van der Waals surface area (Å²) in [7, 11) is 7.89. The summed E-state index contributed by atoms with van der Waals surface area (Å²) < 4.78 is 3.77. The van der Waals surface area contributed by atoms with E-state index in [0.717, 1.165) is 11.5 Å². The maximum Gasteiger partial charge on any atom is 0.380 e. The number of pyridine rings is 1. The van der Waals surface area contributed by atoms with Crippen molar-refractivity contribution in [3.63, 3.8) is 0 Å². The molecule has 17 heavy (non-hydrogen) atoms. The maximum absolute atomic E-state index is 4.16. The number of fused-ring (bicyclic) bond motifs is 1. The van der Waals surface area contributed by atoms with Crippen molar-refractivity contribution in [3.05, 3.63) is 18.3 Å². The SMILES string of the molecule is CN(C)C(n1nnc2ncccc21)=[N+](C)C.[Cl-]. The van der Waals surface area contributed by atoms with Gasteiger partial charge in [-0.25, -0.2) is 4.98 Å². The van der Waals surface area contributed by atoms with E-state index in [4.69, 9.17) is 0 Å². The second kappa shape index (κ2) is 5.09. The first-order valence-corrected chi connectivity index (χ1v) is 4.99. The van der Waals surface area contributed by atoms with Crippen LogP contribution in [-0.2, 0) is 0 Å². The van der Waals surface area contributed by atoms with Crippen molar-refractivity contribution in [2.45, 2.75) is 0 Å². The maximum atomic E-state index is 4.16. The van der Waals surface area contributed by atoms with Gasteiger partial charge >= 0.3 is 5.96 Å². The van der Waals surface area contributed by atoms with Crippen LogP contribution in [0.15, 0.2) is 18.3 Å². The summed E-state index contributed by atoms with van der Waals surface area (Å²) in [5, 5.41) is 8.15. The fourth-order valence-electron chi connectivity index (χ4n) is 1.69. The topological polar surface area (TPSA) is 49.9 Å². The molecule has 0 aliphatic rings. The fourth-order valence-corrected chi connectivity index (χ4v) is 1.69. The van der Waals surface area contributed by atoms with Crippen LogP contribution in [-0.4, -0.2) is 63.6 Å². The molecule has 0 aliphatic heterocycles. The van der Waals surface area contributed by atoms with Crippen molar-refractivity contribution in [3.8, 4) is 0 Å². The molecule has 92 valence electrons. The molecule has 2 aromatic rings. The molecule has 6 nitrogen and oxygen atoms in total. The highest BCUT2D eigenvalue weighted by Gasteiger charge is 2.20. The number of rotatable bonds is 0. The van der Waals surface area contributed by atoms with E-state index in [9.17, 15) is 0 Å². The molecule has 2 rings (SSSR count). The summed E-state index contributed by atoms with van der Waals surface area (Å²) in [4.78, 5) is 6.15. The number of hydrogen-bond donors (Lipinski definition) is 0. The van der Waals surface area contributed by atoms with Gasteiger partial charge in [-0.2, -0.15) is 0 Å². The highest BCUT2D eigenvalue weighted by Crippen LogP contribution is 2.06. The molecule has 0 saturated carbocycles. The minimum atomic E-state index is 0. The highest BCUT2D eigenvalue weighted by molar-refractivity contribution is 5.86. The Labute approximate surface area is 106 Å². The Balaban J connectivity index is 0.00000144. The third-order valence-electron chi connectivity index (χ3n) is 2.21. The minimum Gasteiger partial charge on any atom is -1.00 e. The average Bonchev–Trinajstić information content (AvgIpc) is 2.61. The highest BCUT2D eigenvalue weighted by atomic mass is 35.5. The number of halogens is 1. The molecule has 0 unspecified atom stereocenters. The first-order chi connectivity index (χ1) is 7.61. The minimum absolute atomic E-state index is 0. The Bertz CT molecular complexity index is 540. The Hall–Kier alpha value is -1.69. The quantitative estimate of drug-likeness (QED) is 0.283. The normalized spacial score (nSPS) is 9.88. The van der Waals surface area contributed by atoms with Gasteiger partial charge in [-0.15, -0.1) is 0 Å². The Morgan fingerprint density at radius 3 is 2.65 bits per heavy atom. The molecule has 0 aliphatic carbocycles. The summed E-state index contributed by atoms with van der Waals surface area (Å²) >= 11 is 0. The molecule has 0 N–H and O–H groups in total. The van der Waals surface area contributed by atoms with Crippen molar-refractivity contribution in [2.75, 3.05) is 28.2 Å². The number of nitrogens with zero attached hydrogens (tertiary/aromatic N) is 6. The van der Waals surface area contributed by atoms with E-state index in [0.29, 0.717) is 5.65 Å². The number of hydrogen-bond acceptors (Lipinski definition) is 3. The molecular weight excluding hydrogens is 240 g/mol. The van der Waals surface area contributed by atoms with Gasteiger partial charge < -0.3 is 12.4 Å². The molecule has 0 fully saturated rings. The Morgan fingerprint density at radius 2 is 2.06 bits per heavy atom. The Kier molecular flexibility index (Phi) is 4.01. The van der Waals surface area contributed by atoms with E-state index in [2.05, 4.69) is 15.3 Å². The van der Waals surface area contributed by atoms with Gasteiger partial charge in [-0.05, 0) is 12.1 Å². The molecule has 0 radical (unpaired) electrons. The van der Waals surface area contributed by atoms with Gasteiger partial charge in [-0.1, -0.05) is 9.78 Å². The van der Waals surface area contributed by atoms with Gasteiger partial charge in [0.15, 0.2) is 5.52 Å². The zero-order valence-electron chi connectivity index (χ0n) is 10.3. The van der Waals surface area contributed by atoms with Gasteiger partial charge in [0.2, 0.25) is 5.65 Å². The van der Waals surface area contributed by atoms with E-state index in [1.807, 2.05) is 49.8 Å². The first-order valence-electron chi connectivity index (χ1n) is 4.99. The van der Waals surface area contributed by atoms with Crippen LogP contribution in [0.2, 0.25) is 0 Å². The van der Waals surface area contributed by atoms with Crippen molar-refractivity contribution < 1.29 is 17.0 Å². The van der Waals surface area contributed by atoms with Crippen LogP contribution in [0.3, 0.4) is 0 Å². The third kappa shape index (κ3) is 2.36. The van der Waals surface area contributed by atoms with Crippen LogP contribution in [0.5, 0.6) is 0 Å². The molecule has 7 heteroatoms. The molecule has 0 spiro atoms. The summed E-state index contributed by atoms with van der Waals surface area (Å²) in [6.07, 6.45) is 1.71. The van der Waals surface area contributed by atoms with Crippen LogP contribution in [0.1, 0.15) is 0 Å². The third-order valence-corrected chi connectivity index (χ3v) is 2.21. The summed E-state index contributed by atoms with van der Waals surface area (Å²) in [6.45, 7) is 0. The molecular formula is C10H15ClN6. The predicted octanol–water partition coefficient (Wildman–Crippen LogP) is -3.13. The van der Waals surface area contributed by atoms with Crippen molar-refractivity contribution in [1.82, 2.24) is 24.9 Å². The first kappa shape index (κ1) is 13.4. The lowest BCUT2D eigenvalue weighted by Crippen LogP contribution is -3.00. The lowest BCUT2D eigenvalue weighted by atomic mass is 10.4. The Morgan fingerprint density at radius 1 is 1.35 bits per heavy atom. The smallest absolute Gasteiger partial charge is 0.380 e.